The third kappa shape index (κ3) is 2.48. The van der Waals surface area contributed by atoms with Crippen LogP contribution in [0.5, 0.6) is 0 Å². The maximum absolute atomic E-state index is 11.1. The Bertz CT molecular complexity index is 396. The van der Waals surface area contributed by atoms with Crippen LogP contribution >= 0.6 is 0 Å². The summed E-state index contributed by atoms with van der Waals surface area (Å²) in [5.74, 6) is -0.754. The maximum atomic E-state index is 11.1. The zero-order valence-electron chi connectivity index (χ0n) is 9.65. The van der Waals surface area contributed by atoms with Crippen LogP contribution in [0, 0.1) is 0 Å². The zero-order chi connectivity index (χ0) is 12.3. The van der Waals surface area contributed by atoms with Crippen molar-refractivity contribution in [1.29, 1.82) is 0 Å². The van der Waals surface area contributed by atoms with Crippen molar-refractivity contribution in [2.24, 2.45) is 0 Å². The first-order chi connectivity index (χ1) is 8.16. The summed E-state index contributed by atoms with van der Waals surface area (Å²) in [6, 6.07) is 7.52. The van der Waals surface area contributed by atoms with Gasteiger partial charge < -0.3 is 10.2 Å². The predicted octanol–water partition coefficient (Wildman–Crippen LogP) is 1.28. The number of aliphatic hydroxyl groups is 1. The highest BCUT2D eigenvalue weighted by Gasteiger charge is 2.43. The van der Waals surface area contributed by atoms with Crippen LogP contribution in [0.2, 0.25) is 0 Å². The summed E-state index contributed by atoms with van der Waals surface area (Å²) in [6.45, 7) is 0.588. The highest BCUT2D eigenvalue weighted by Crippen LogP contribution is 2.32. The summed E-state index contributed by atoms with van der Waals surface area (Å²) >= 11 is 0. The zero-order valence-corrected chi connectivity index (χ0v) is 9.65. The van der Waals surface area contributed by atoms with Crippen LogP contribution in [0.3, 0.4) is 0 Å². The minimum Gasteiger partial charge on any atom is -0.480 e. The molecular formula is C13H17NO3. The predicted molar refractivity (Wildman–Crippen MR) is 63.4 cm³/mol. The van der Waals surface area contributed by atoms with Crippen molar-refractivity contribution < 1.29 is 15.0 Å². The Morgan fingerprint density at radius 3 is 2.24 bits per heavy atom. The molecule has 0 bridgehead atoms. The van der Waals surface area contributed by atoms with Crippen LogP contribution in [0.1, 0.15) is 30.4 Å². The van der Waals surface area contributed by atoms with Crippen LogP contribution in [0.25, 0.3) is 0 Å². The minimum atomic E-state index is -0.754. The van der Waals surface area contributed by atoms with E-state index in [0.717, 1.165) is 17.5 Å². The van der Waals surface area contributed by atoms with Crippen LogP contribution < -0.4 is 5.32 Å². The fourth-order valence-corrected chi connectivity index (χ4v) is 2.03. The van der Waals surface area contributed by atoms with Crippen molar-refractivity contribution in [3.05, 3.63) is 35.4 Å². The van der Waals surface area contributed by atoms with Gasteiger partial charge in [0, 0.05) is 6.54 Å². The minimum absolute atomic E-state index is 0.0345. The molecule has 0 atom stereocenters. The van der Waals surface area contributed by atoms with E-state index >= 15 is 0 Å². The first-order valence-corrected chi connectivity index (χ1v) is 5.83. The van der Waals surface area contributed by atoms with Crippen LogP contribution in [-0.4, -0.2) is 21.7 Å². The lowest BCUT2D eigenvalue weighted by molar-refractivity contribution is -0.148. The van der Waals surface area contributed by atoms with E-state index in [0.29, 0.717) is 19.4 Å². The third-order valence-electron chi connectivity index (χ3n) is 3.45. The number of rotatable bonds is 5. The lowest BCUT2D eigenvalue weighted by Gasteiger charge is -2.38. The SMILES string of the molecule is O=C(O)C1(NCc2ccc(CO)cc2)CCC1. The lowest BCUT2D eigenvalue weighted by atomic mass is 9.76. The quantitative estimate of drug-likeness (QED) is 0.719. The molecule has 0 aromatic heterocycles. The molecule has 1 aliphatic rings. The molecule has 1 fully saturated rings. The summed E-state index contributed by atoms with van der Waals surface area (Å²) in [5, 5.41) is 21.2. The van der Waals surface area contributed by atoms with Crippen molar-refractivity contribution in [2.45, 2.75) is 38.0 Å². The van der Waals surface area contributed by atoms with Gasteiger partial charge in [0.1, 0.15) is 5.54 Å². The Morgan fingerprint density at radius 1 is 1.24 bits per heavy atom. The molecule has 0 heterocycles. The van der Waals surface area contributed by atoms with Gasteiger partial charge in [-0.1, -0.05) is 24.3 Å². The number of carboxylic acids is 1. The van der Waals surface area contributed by atoms with E-state index in [1.807, 2.05) is 24.3 Å². The van der Waals surface area contributed by atoms with Gasteiger partial charge in [0.15, 0.2) is 0 Å². The average molecular weight is 235 g/mol. The molecule has 2 rings (SSSR count). The van der Waals surface area contributed by atoms with Gasteiger partial charge in [0.05, 0.1) is 6.61 Å². The normalized spacial score (nSPS) is 17.5. The summed E-state index contributed by atoms with van der Waals surface area (Å²) < 4.78 is 0. The molecule has 0 radical (unpaired) electrons. The fraction of sp³-hybridized carbons (Fsp3) is 0.462. The molecule has 3 N–H and O–H groups in total. The van der Waals surface area contributed by atoms with Gasteiger partial charge in [-0.25, -0.2) is 0 Å². The second-order valence-corrected chi connectivity index (χ2v) is 4.57. The Hall–Kier alpha value is -1.39. The molecule has 1 saturated carbocycles. The molecule has 17 heavy (non-hydrogen) atoms. The smallest absolute Gasteiger partial charge is 0.323 e. The van der Waals surface area contributed by atoms with Gasteiger partial charge in [0.2, 0.25) is 0 Å². The monoisotopic (exact) mass is 235 g/mol. The second-order valence-electron chi connectivity index (χ2n) is 4.57. The Morgan fingerprint density at radius 2 is 1.82 bits per heavy atom. The molecule has 0 unspecified atom stereocenters. The largest absolute Gasteiger partial charge is 0.480 e. The van der Waals surface area contributed by atoms with Gasteiger partial charge >= 0.3 is 5.97 Å². The molecule has 0 saturated heterocycles. The van der Waals surface area contributed by atoms with Gasteiger partial charge in [-0.05, 0) is 30.4 Å². The van der Waals surface area contributed by atoms with Crippen molar-refractivity contribution in [3.63, 3.8) is 0 Å². The van der Waals surface area contributed by atoms with E-state index in [9.17, 15) is 4.79 Å². The Balaban J connectivity index is 1.94. The van der Waals surface area contributed by atoms with Gasteiger partial charge in [-0.15, -0.1) is 0 Å². The van der Waals surface area contributed by atoms with Gasteiger partial charge in [-0.2, -0.15) is 0 Å². The summed E-state index contributed by atoms with van der Waals surface area (Å²) in [5.41, 5.74) is 1.19. The van der Waals surface area contributed by atoms with E-state index in [1.165, 1.54) is 0 Å². The van der Waals surface area contributed by atoms with E-state index in [2.05, 4.69) is 5.32 Å². The average Bonchev–Trinajstić information content (AvgIpc) is 2.28. The number of carbonyl (C=O) groups is 1. The molecule has 1 aromatic rings. The molecule has 92 valence electrons. The number of benzene rings is 1. The molecule has 0 amide bonds. The van der Waals surface area contributed by atoms with Crippen molar-refractivity contribution in [1.82, 2.24) is 5.32 Å². The van der Waals surface area contributed by atoms with E-state index in [1.54, 1.807) is 0 Å². The number of nitrogens with one attached hydrogen (secondary N) is 1. The van der Waals surface area contributed by atoms with E-state index < -0.39 is 11.5 Å². The Kier molecular flexibility index (Phi) is 3.45. The topological polar surface area (TPSA) is 69.6 Å². The highest BCUT2D eigenvalue weighted by atomic mass is 16.4. The highest BCUT2D eigenvalue weighted by molar-refractivity contribution is 5.79. The van der Waals surface area contributed by atoms with Crippen molar-refractivity contribution in [2.75, 3.05) is 0 Å². The molecule has 4 heteroatoms. The van der Waals surface area contributed by atoms with Gasteiger partial charge in [0.25, 0.3) is 0 Å². The van der Waals surface area contributed by atoms with Gasteiger partial charge in [-0.3, -0.25) is 10.1 Å². The van der Waals surface area contributed by atoms with Crippen molar-refractivity contribution in [3.8, 4) is 0 Å². The molecule has 4 nitrogen and oxygen atoms in total. The fourth-order valence-electron chi connectivity index (χ4n) is 2.03. The molecule has 0 spiro atoms. The number of aliphatic hydroxyl groups excluding tert-OH is 1. The lowest BCUT2D eigenvalue weighted by Crippen LogP contribution is -2.56. The van der Waals surface area contributed by atoms with Crippen LogP contribution in [-0.2, 0) is 17.9 Å². The molecular weight excluding hydrogens is 218 g/mol. The summed E-state index contributed by atoms with van der Waals surface area (Å²) in [4.78, 5) is 11.1. The number of hydrogen-bond donors (Lipinski definition) is 3. The van der Waals surface area contributed by atoms with Crippen LogP contribution in [0.15, 0.2) is 24.3 Å². The number of carboxylic acid groups (broad SMARTS) is 1. The van der Waals surface area contributed by atoms with E-state index in [4.69, 9.17) is 10.2 Å². The molecule has 1 aromatic carbocycles. The second kappa shape index (κ2) is 4.85. The summed E-state index contributed by atoms with van der Waals surface area (Å²) in [6.07, 6.45) is 2.39. The molecule has 0 aliphatic heterocycles. The standard InChI is InChI=1S/C13H17NO3/c15-9-11-4-2-10(3-5-11)8-14-13(12(16)17)6-1-7-13/h2-5,14-15H,1,6-9H2,(H,16,17). The summed E-state index contributed by atoms with van der Waals surface area (Å²) in [7, 11) is 0. The number of hydrogen-bond acceptors (Lipinski definition) is 3. The first kappa shape index (κ1) is 12.1. The third-order valence-corrected chi connectivity index (χ3v) is 3.45. The number of aliphatic carboxylic acids is 1. The van der Waals surface area contributed by atoms with E-state index in [-0.39, 0.29) is 6.61 Å². The molecule has 1 aliphatic carbocycles. The Labute approximate surface area is 100 Å². The maximum Gasteiger partial charge on any atom is 0.323 e. The first-order valence-electron chi connectivity index (χ1n) is 5.83. The van der Waals surface area contributed by atoms with Crippen LogP contribution in [0.4, 0.5) is 0 Å². The van der Waals surface area contributed by atoms with Crippen molar-refractivity contribution >= 4 is 5.97 Å².